The van der Waals surface area contributed by atoms with Crippen LogP contribution in [0.3, 0.4) is 0 Å². The predicted molar refractivity (Wildman–Crippen MR) is 199 cm³/mol. The monoisotopic (exact) mass is 794 g/mol. The fraction of sp³-hybridized carbons (Fsp3) is 0.684. The third kappa shape index (κ3) is 15.3. The van der Waals surface area contributed by atoms with E-state index in [-0.39, 0.29) is 94.4 Å². The lowest BCUT2D eigenvalue weighted by Gasteiger charge is -2.49. The normalized spacial score (nSPS) is 19.3. The topological polar surface area (TPSA) is 238 Å². The number of hydrogen-bond donors (Lipinski definition) is 5. The van der Waals surface area contributed by atoms with Crippen molar-refractivity contribution in [2.45, 2.75) is 121 Å². The molecule has 1 aromatic rings. The molecule has 0 aromatic heterocycles. The van der Waals surface area contributed by atoms with Crippen molar-refractivity contribution in [1.82, 2.24) is 15.5 Å². The average molecular weight is 795 g/mol. The number of carbonyl (C=O) groups is 6. The van der Waals surface area contributed by atoms with Crippen LogP contribution in [0.15, 0.2) is 18.2 Å². The molecule has 3 atom stereocenters. The Hall–Kier alpha value is -4.36. The van der Waals surface area contributed by atoms with Gasteiger partial charge in [0.1, 0.15) is 24.6 Å². The Labute approximate surface area is 327 Å². The molecule has 0 spiro atoms. The van der Waals surface area contributed by atoms with Gasteiger partial charge in [0.15, 0.2) is 6.10 Å². The van der Waals surface area contributed by atoms with E-state index in [0.717, 1.165) is 0 Å². The first kappa shape index (κ1) is 46.0. The van der Waals surface area contributed by atoms with Gasteiger partial charge in [-0.05, 0) is 58.2 Å². The number of carbonyl (C=O) groups excluding carboxylic acids is 5. The van der Waals surface area contributed by atoms with Gasteiger partial charge in [-0.15, -0.1) is 0 Å². The molecule has 56 heavy (non-hydrogen) atoms. The summed E-state index contributed by atoms with van der Waals surface area (Å²) in [6.07, 6.45) is -1.54. The second kappa shape index (κ2) is 21.2. The van der Waals surface area contributed by atoms with Crippen LogP contribution in [0.2, 0.25) is 0 Å². The number of anilines is 1. The molecule has 2 aliphatic rings. The van der Waals surface area contributed by atoms with E-state index in [2.05, 4.69) is 16.0 Å². The zero-order chi connectivity index (χ0) is 41.5. The van der Waals surface area contributed by atoms with E-state index in [1.54, 1.807) is 25.0 Å². The molecule has 1 aromatic carbocycles. The number of rotatable bonds is 24. The number of nitrogens with zero attached hydrogens (tertiary/aromatic N) is 1. The van der Waals surface area contributed by atoms with Crippen molar-refractivity contribution in [3.05, 3.63) is 23.8 Å². The van der Waals surface area contributed by atoms with Crippen LogP contribution in [0.1, 0.15) is 85.1 Å². The van der Waals surface area contributed by atoms with E-state index < -0.39 is 53.5 Å². The molecular weight excluding hydrogens is 736 g/mol. The number of aliphatic hydroxyl groups excluding tert-OH is 1. The molecule has 0 radical (unpaired) electrons. The Morgan fingerprint density at radius 3 is 2.43 bits per heavy atom. The number of nitrogens with one attached hydrogen (secondary N) is 3. The number of ether oxygens (including phenoxy) is 6. The maximum atomic E-state index is 13.0. The van der Waals surface area contributed by atoms with Crippen molar-refractivity contribution >= 4 is 41.8 Å². The SMILES string of the molecule is CCC(=O)OCc1ccc(OC2CC(O)CC(C(=O)O)O2)c(NC(=O)CCNC(=O)COC2(CNC=O)CN(C(=O)CCC(C)(C)OCCC(C)(C)OC)C2)c1. The van der Waals surface area contributed by atoms with E-state index >= 15 is 0 Å². The summed E-state index contributed by atoms with van der Waals surface area (Å²) in [5.41, 5.74) is -1.11. The highest BCUT2D eigenvalue weighted by Gasteiger charge is 2.46. The number of benzene rings is 1. The highest BCUT2D eigenvalue weighted by atomic mass is 16.7. The van der Waals surface area contributed by atoms with E-state index in [1.165, 1.54) is 12.1 Å². The summed E-state index contributed by atoms with van der Waals surface area (Å²) in [5.74, 6) is -2.69. The van der Waals surface area contributed by atoms with Gasteiger partial charge in [0.25, 0.3) is 0 Å². The van der Waals surface area contributed by atoms with Crippen molar-refractivity contribution < 1.29 is 67.4 Å². The fourth-order valence-corrected chi connectivity index (χ4v) is 5.79. The number of aliphatic carboxylic acids is 1. The molecule has 4 amide bonds. The Morgan fingerprint density at radius 1 is 1.04 bits per heavy atom. The Morgan fingerprint density at radius 2 is 1.77 bits per heavy atom. The van der Waals surface area contributed by atoms with Crippen molar-refractivity contribution in [3.63, 3.8) is 0 Å². The minimum Gasteiger partial charge on any atom is -0.479 e. The minimum atomic E-state index is -1.28. The number of amides is 4. The molecule has 0 bridgehead atoms. The van der Waals surface area contributed by atoms with Gasteiger partial charge >= 0.3 is 11.9 Å². The van der Waals surface area contributed by atoms with Crippen molar-refractivity contribution in [2.75, 3.05) is 51.8 Å². The number of carboxylic acid groups (broad SMARTS) is 1. The number of carboxylic acids is 1. The highest BCUT2D eigenvalue weighted by Crippen LogP contribution is 2.31. The van der Waals surface area contributed by atoms with Gasteiger partial charge < -0.3 is 59.5 Å². The lowest BCUT2D eigenvalue weighted by molar-refractivity contribution is -0.195. The lowest BCUT2D eigenvalue weighted by atomic mass is 9.92. The zero-order valence-electron chi connectivity index (χ0n) is 33.2. The van der Waals surface area contributed by atoms with Gasteiger partial charge in [-0.1, -0.05) is 13.0 Å². The van der Waals surface area contributed by atoms with E-state index in [0.29, 0.717) is 31.4 Å². The largest absolute Gasteiger partial charge is 0.479 e. The number of likely N-dealkylation sites (tertiary alicyclic amines) is 1. The van der Waals surface area contributed by atoms with Crippen LogP contribution in [0.25, 0.3) is 0 Å². The quantitative estimate of drug-likeness (QED) is 0.0740. The van der Waals surface area contributed by atoms with Crippen LogP contribution >= 0.6 is 0 Å². The third-order valence-corrected chi connectivity index (χ3v) is 9.50. The first-order chi connectivity index (χ1) is 26.4. The van der Waals surface area contributed by atoms with Crippen molar-refractivity contribution in [2.24, 2.45) is 0 Å². The second-order valence-corrected chi connectivity index (χ2v) is 15.2. The predicted octanol–water partition coefficient (Wildman–Crippen LogP) is 1.65. The van der Waals surface area contributed by atoms with Gasteiger partial charge in [0.2, 0.25) is 30.4 Å². The smallest absolute Gasteiger partial charge is 0.333 e. The molecule has 0 saturated carbocycles. The van der Waals surface area contributed by atoms with Gasteiger partial charge in [-0.25, -0.2) is 4.79 Å². The molecule has 18 nitrogen and oxygen atoms in total. The number of esters is 1. The molecule has 18 heteroatoms. The summed E-state index contributed by atoms with van der Waals surface area (Å²) in [6.45, 7) is 9.85. The number of aliphatic hydroxyl groups is 1. The van der Waals surface area contributed by atoms with Crippen molar-refractivity contribution in [3.8, 4) is 5.75 Å². The first-order valence-corrected chi connectivity index (χ1v) is 18.7. The van der Waals surface area contributed by atoms with Gasteiger partial charge in [0.05, 0.1) is 42.7 Å². The van der Waals surface area contributed by atoms with E-state index in [4.69, 9.17) is 28.4 Å². The van der Waals surface area contributed by atoms with Crippen LogP contribution < -0.4 is 20.7 Å². The van der Waals surface area contributed by atoms with Crippen LogP contribution in [0.4, 0.5) is 5.69 Å². The Kier molecular flexibility index (Phi) is 17.5. The van der Waals surface area contributed by atoms with Crippen LogP contribution in [0.5, 0.6) is 5.75 Å². The third-order valence-electron chi connectivity index (χ3n) is 9.50. The minimum absolute atomic E-state index is 0.00933. The molecule has 2 saturated heterocycles. The molecule has 314 valence electrons. The fourth-order valence-electron chi connectivity index (χ4n) is 5.79. The van der Waals surface area contributed by atoms with Crippen molar-refractivity contribution in [1.29, 1.82) is 0 Å². The van der Waals surface area contributed by atoms with E-state index in [9.17, 15) is 39.0 Å². The van der Waals surface area contributed by atoms with Crippen LogP contribution in [0, 0.1) is 0 Å². The summed E-state index contributed by atoms with van der Waals surface area (Å²) in [5, 5.41) is 27.4. The van der Waals surface area contributed by atoms with E-state index in [1.807, 2.05) is 27.7 Å². The lowest BCUT2D eigenvalue weighted by Crippen LogP contribution is -2.69. The van der Waals surface area contributed by atoms with Crippen LogP contribution in [-0.2, 0) is 59.1 Å². The Balaban J connectivity index is 1.50. The Bertz CT molecular complexity index is 1510. The summed E-state index contributed by atoms with van der Waals surface area (Å²) in [7, 11) is 1.65. The average Bonchev–Trinajstić information content (AvgIpc) is 3.12. The maximum absolute atomic E-state index is 13.0. The molecule has 3 rings (SSSR count). The standard InChI is InChI=1S/C38H58N4O14/c1-7-33(48)52-19-25-8-9-28(55-34-18-26(44)17-29(56-34)35(49)50)27(16-25)41-30(45)11-14-40-31(46)20-54-38(21-39-24-43)22-42(23-38)32(47)10-12-37(4,5)53-15-13-36(2,3)51-6/h8-9,16,24,26,29,34,44H,7,10-15,17-23H2,1-6H3,(H,39,43)(H,40,46)(H,41,45)(H,49,50). The molecule has 2 aliphatic heterocycles. The zero-order valence-corrected chi connectivity index (χ0v) is 33.2. The summed E-state index contributed by atoms with van der Waals surface area (Å²) in [6, 6.07) is 4.62. The maximum Gasteiger partial charge on any atom is 0.333 e. The van der Waals surface area contributed by atoms with Gasteiger partial charge in [-0.3, -0.25) is 24.0 Å². The van der Waals surface area contributed by atoms with Gasteiger partial charge in [-0.2, -0.15) is 0 Å². The molecule has 2 fully saturated rings. The molecule has 5 N–H and O–H groups in total. The molecule has 0 aliphatic carbocycles. The molecular formula is C38H58N4O14. The van der Waals surface area contributed by atoms with Crippen LogP contribution in [-0.4, -0.2) is 133 Å². The summed E-state index contributed by atoms with van der Waals surface area (Å²) < 4.78 is 33.9. The number of hydrogen-bond acceptors (Lipinski definition) is 13. The second-order valence-electron chi connectivity index (χ2n) is 15.2. The molecule has 2 heterocycles. The summed E-state index contributed by atoms with van der Waals surface area (Å²) >= 11 is 0. The first-order valence-electron chi connectivity index (χ1n) is 18.7. The summed E-state index contributed by atoms with van der Waals surface area (Å²) in [4.78, 5) is 74.5. The van der Waals surface area contributed by atoms with Gasteiger partial charge in [0, 0.05) is 52.3 Å². The number of methoxy groups -OCH3 is 1. The highest BCUT2D eigenvalue weighted by molar-refractivity contribution is 5.93. The molecule has 3 unspecified atom stereocenters.